The number of amides is 2. The van der Waals surface area contributed by atoms with E-state index in [2.05, 4.69) is 17.4 Å². The predicted molar refractivity (Wildman–Crippen MR) is 98.9 cm³/mol. The van der Waals surface area contributed by atoms with E-state index in [1.54, 1.807) is 19.1 Å². The van der Waals surface area contributed by atoms with Gasteiger partial charge in [-0.25, -0.2) is 0 Å². The molecule has 5 heteroatoms. The number of nitrogens with zero attached hydrogens (tertiary/aromatic N) is 1. The number of ether oxygens (including phenoxy) is 1. The molecule has 0 spiro atoms. The van der Waals surface area contributed by atoms with Gasteiger partial charge in [-0.2, -0.15) is 0 Å². The molecule has 0 bridgehead atoms. The molecule has 1 heterocycles. The lowest BCUT2D eigenvalue weighted by Gasteiger charge is -2.55. The lowest BCUT2D eigenvalue weighted by molar-refractivity contribution is -0.130. The van der Waals surface area contributed by atoms with E-state index < -0.39 is 0 Å². The van der Waals surface area contributed by atoms with Gasteiger partial charge in [0.2, 0.25) is 11.8 Å². The van der Waals surface area contributed by atoms with Crippen molar-refractivity contribution in [3.8, 4) is 5.75 Å². The third kappa shape index (κ3) is 2.97. The van der Waals surface area contributed by atoms with Crippen LogP contribution in [0.3, 0.4) is 0 Å². The summed E-state index contributed by atoms with van der Waals surface area (Å²) < 4.78 is 5.28. The van der Waals surface area contributed by atoms with E-state index in [-0.39, 0.29) is 23.8 Å². The zero-order valence-electron chi connectivity index (χ0n) is 15.6. The van der Waals surface area contributed by atoms with Gasteiger partial charge in [-0.15, -0.1) is 0 Å². The normalized spacial score (nSPS) is 33.4. The molecule has 140 valence electrons. The van der Waals surface area contributed by atoms with Crippen molar-refractivity contribution in [2.24, 2.45) is 17.8 Å². The molecule has 0 radical (unpaired) electrons. The van der Waals surface area contributed by atoms with Crippen LogP contribution in [0, 0.1) is 17.8 Å². The molecule has 1 aliphatic heterocycles. The predicted octanol–water partition coefficient (Wildman–Crippen LogP) is 2.56. The lowest BCUT2D eigenvalue weighted by Crippen LogP contribution is -2.60. The summed E-state index contributed by atoms with van der Waals surface area (Å²) >= 11 is 0. The van der Waals surface area contributed by atoms with Crippen molar-refractivity contribution in [2.45, 2.75) is 44.1 Å². The van der Waals surface area contributed by atoms with Crippen molar-refractivity contribution in [1.29, 1.82) is 0 Å². The average molecular weight is 356 g/mol. The van der Waals surface area contributed by atoms with Crippen LogP contribution in [0.5, 0.6) is 5.75 Å². The average Bonchev–Trinajstić information content (AvgIpc) is 2.99. The van der Waals surface area contributed by atoms with Gasteiger partial charge in [-0.1, -0.05) is 25.0 Å². The molecule has 26 heavy (non-hydrogen) atoms. The minimum absolute atomic E-state index is 0.0511. The van der Waals surface area contributed by atoms with E-state index >= 15 is 0 Å². The Morgan fingerprint density at radius 1 is 1.15 bits per heavy atom. The summed E-state index contributed by atoms with van der Waals surface area (Å²) in [6.45, 7) is 0.540. The highest BCUT2D eigenvalue weighted by atomic mass is 16.5. The Morgan fingerprint density at radius 3 is 2.46 bits per heavy atom. The maximum absolute atomic E-state index is 12.8. The van der Waals surface area contributed by atoms with Crippen molar-refractivity contribution < 1.29 is 14.3 Å². The molecular formula is C21H28N2O3. The second kappa shape index (κ2) is 6.93. The van der Waals surface area contributed by atoms with Crippen LogP contribution in [0.1, 0.15) is 43.6 Å². The number of carbonyl (C=O) groups excluding carboxylic acids is 2. The van der Waals surface area contributed by atoms with Gasteiger partial charge >= 0.3 is 0 Å². The lowest BCUT2D eigenvalue weighted by atomic mass is 9.53. The fourth-order valence-electron chi connectivity index (χ4n) is 5.27. The number of benzene rings is 1. The molecule has 2 aliphatic carbocycles. The van der Waals surface area contributed by atoms with E-state index in [0.29, 0.717) is 30.7 Å². The van der Waals surface area contributed by atoms with Gasteiger partial charge in [-0.05, 0) is 42.4 Å². The highest BCUT2D eigenvalue weighted by Gasteiger charge is 2.52. The second-order valence-corrected chi connectivity index (χ2v) is 8.12. The molecule has 4 rings (SSSR count). The molecule has 2 saturated carbocycles. The Kier molecular flexibility index (Phi) is 4.63. The third-order valence-electron chi connectivity index (χ3n) is 6.71. The van der Waals surface area contributed by atoms with E-state index in [0.717, 1.165) is 5.75 Å². The number of nitrogens with one attached hydrogen (secondary N) is 1. The van der Waals surface area contributed by atoms with Crippen LogP contribution < -0.4 is 10.1 Å². The number of rotatable bonds is 4. The van der Waals surface area contributed by atoms with Crippen molar-refractivity contribution in [1.82, 2.24) is 10.2 Å². The van der Waals surface area contributed by atoms with Crippen molar-refractivity contribution in [3.63, 3.8) is 0 Å². The zero-order valence-corrected chi connectivity index (χ0v) is 15.6. The summed E-state index contributed by atoms with van der Waals surface area (Å²) in [5.74, 6) is 2.40. The number of methoxy groups -OCH3 is 1. The van der Waals surface area contributed by atoms with Gasteiger partial charge < -0.3 is 15.0 Å². The Morgan fingerprint density at radius 2 is 1.85 bits per heavy atom. The van der Waals surface area contributed by atoms with Crippen molar-refractivity contribution in [2.75, 3.05) is 20.7 Å². The molecule has 1 aromatic carbocycles. The van der Waals surface area contributed by atoms with Crippen molar-refractivity contribution >= 4 is 11.8 Å². The van der Waals surface area contributed by atoms with Gasteiger partial charge in [0.05, 0.1) is 13.0 Å². The van der Waals surface area contributed by atoms with Gasteiger partial charge in [0.25, 0.3) is 0 Å². The molecule has 2 amide bonds. The monoisotopic (exact) mass is 356 g/mol. The molecule has 0 aromatic heterocycles. The number of likely N-dealkylation sites (tertiary alicyclic amines) is 1. The molecule has 0 unspecified atom stereocenters. The van der Waals surface area contributed by atoms with Crippen LogP contribution in [0.4, 0.5) is 0 Å². The molecule has 3 aliphatic rings. The van der Waals surface area contributed by atoms with Crippen LogP contribution in [0.25, 0.3) is 0 Å². The largest absolute Gasteiger partial charge is 0.497 e. The number of fused-ring (bicyclic) bond motifs is 1. The van der Waals surface area contributed by atoms with Crippen LogP contribution >= 0.6 is 0 Å². The maximum atomic E-state index is 12.8. The highest BCUT2D eigenvalue weighted by Crippen LogP contribution is 2.54. The SMILES string of the molecule is COc1ccc([C@H]2[C@@H]3CCCC[C@H]3[C@@H]2NC(=O)[C@H]2CC(=O)N(C)C2)cc1. The number of carbonyl (C=O) groups is 2. The quantitative estimate of drug-likeness (QED) is 0.902. The maximum Gasteiger partial charge on any atom is 0.225 e. The van der Waals surface area contributed by atoms with E-state index in [4.69, 9.17) is 4.74 Å². The van der Waals surface area contributed by atoms with E-state index in [9.17, 15) is 9.59 Å². The summed E-state index contributed by atoms with van der Waals surface area (Å²) in [5, 5.41) is 3.33. The van der Waals surface area contributed by atoms with Crippen LogP contribution in [-0.2, 0) is 9.59 Å². The Bertz CT molecular complexity index is 687. The summed E-state index contributed by atoms with van der Waals surface area (Å²) in [7, 11) is 3.45. The first kappa shape index (κ1) is 17.4. The Balaban J connectivity index is 1.50. The molecule has 5 atom stereocenters. The Hall–Kier alpha value is -2.04. The van der Waals surface area contributed by atoms with Crippen molar-refractivity contribution in [3.05, 3.63) is 29.8 Å². The Labute approximate surface area is 155 Å². The molecule has 1 saturated heterocycles. The minimum atomic E-state index is -0.202. The number of hydrogen-bond donors (Lipinski definition) is 1. The second-order valence-electron chi connectivity index (χ2n) is 8.12. The number of hydrogen-bond acceptors (Lipinski definition) is 3. The topological polar surface area (TPSA) is 58.6 Å². The summed E-state index contributed by atoms with van der Waals surface area (Å²) in [6.07, 6.45) is 5.34. The molecule has 3 fully saturated rings. The first-order chi connectivity index (χ1) is 12.6. The van der Waals surface area contributed by atoms with Crippen LogP contribution in [0.2, 0.25) is 0 Å². The van der Waals surface area contributed by atoms with E-state index in [1.807, 2.05) is 12.1 Å². The first-order valence-corrected chi connectivity index (χ1v) is 9.76. The summed E-state index contributed by atoms with van der Waals surface area (Å²) in [6, 6.07) is 8.49. The highest BCUT2D eigenvalue weighted by molar-refractivity contribution is 5.89. The smallest absolute Gasteiger partial charge is 0.225 e. The van der Waals surface area contributed by atoms with E-state index in [1.165, 1.54) is 31.2 Å². The fraction of sp³-hybridized carbons (Fsp3) is 0.619. The molecular weight excluding hydrogens is 328 g/mol. The molecule has 5 nitrogen and oxygen atoms in total. The third-order valence-corrected chi connectivity index (χ3v) is 6.71. The zero-order chi connectivity index (χ0) is 18.3. The summed E-state index contributed by atoms with van der Waals surface area (Å²) in [5.41, 5.74) is 1.29. The van der Waals surface area contributed by atoms with Gasteiger partial charge in [0, 0.05) is 32.0 Å². The van der Waals surface area contributed by atoms with Gasteiger partial charge in [0.15, 0.2) is 0 Å². The molecule has 1 N–H and O–H groups in total. The van der Waals surface area contributed by atoms with Gasteiger partial charge in [-0.3, -0.25) is 9.59 Å². The summed E-state index contributed by atoms with van der Waals surface area (Å²) in [4.78, 5) is 26.2. The van der Waals surface area contributed by atoms with Gasteiger partial charge in [0.1, 0.15) is 5.75 Å². The fourth-order valence-corrected chi connectivity index (χ4v) is 5.27. The standard InChI is InChI=1S/C21H28N2O3/c1-23-12-14(11-18(23)24)21(25)22-20-17-6-4-3-5-16(17)19(20)13-7-9-15(26-2)10-8-13/h7-10,14,16-17,19-20H,3-6,11-12H2,1-2H3,(H,22,25)/t14-,16+,17+,19-,20-/m0/s1. The minimum Gasteiger partial charge on any atom is -0.497 e. The van der Waals surface area contributed by atoms with Crippen LogP contribution in [-0.4, -0.2) is 43.5 Å². The van der Waals surface area contributed by atoms with Crippen LogP contribution in [0.15, 0.2) is 24.3 Å². The molecule has 1 aromatic rings. The first-order valence-electron chi connectivity index (χ1n) is 9.76.